The number of rotatable bonds is 10. The lowest BCUT2D eigenvalue weighted by molar-refractivity contribution is -0.191. The summed E-state index contributed by atoms with van der Waals surface area (Å²) in [6.07, 6.45) is 9.17. The molecular formula is C15H30O2. The quantitative estimate of drug-likeness (QED) is 0.535. The zero-order valence-electron chi connectivity index (χ0n) is 12.0. The number of unbranched alkanes of at least 4 members (excludes halogenated alkanes) is 3. The van der Waals surface area contributed by atoms with E-state index in [9.17, 15) is 0 Å². The fraction of sp³-hybridized carbons (Fsp3) is 1.00. The lowest BCUT2D eigenvalue weighted by Gasteiger charge is -2.46. The van der Waals surface area contributed by atoms with Crippen molar-refractivity contribution >= 4 is 0 Å². The molecule has 1 unspecified atom stereocenters. The van der Waals surface area contributed by atoms with E-state index < -0.39 is 0 Å². The molecule has 0 aromatic heterocycles. The average molecular weight is 242 g/mol. The normalized spacial score (nSPS) is 19.9. The monoisotopic (exact) mass is 242 g/mol. The summed E-state index contributed by atoms with van der Waals surface area (Å²) in [6.45, 7) is 9.51. The molecule has 1 saturated heterocycles. The van der Waals surface area contributed by atoms with E-state index in [2.05, 4.69) is 20.8 Å². The molecule has 0 aliphatic carbocycles. The third kappa shape index (κ3) is 4.26. The standard InChI is InChI=1S/C15H30O2/c1-4-7-8-9-11-17-14(10-5-2)15(6-3)12-16-13-15/h14H,4-13H2,1-3H3. The SMILES string of the molecule is CCCCCCOC(CCC)C1(CC)COC1. The summed E-state index contributed by atoms with van der Waals surface area (Å²) in [5.74, 6) is 0. The first-order valence-electron chi connectivity index (χ1n) is 7.48. The highest BCUT2D eigenvalue weighted by atomic mass is 16.5. The van der Waals surface area contributed by atoms with Crippen LogP contribution in [0.25, 0.3) is 0 Å². The highest BCUT2D eigenvalue weighted by Crippen LogP contribution is 2.38. The first-order chi connectivity index (χ1) is 8.29. The predicted octanol–water partition coefficient (Wildman–Crippen LogP) is 4.18. The minimum atomic E-state index is 0.334. The molecule has 17 heavy (non-hydrogen) atoms. The summed E-state index contributed by atoms with van der Waals surface area (Å²) in [4.78, 5) is 0. The highest BCUT2D eigenvalue weighted by molar-refractivity contribution is 4.91. The Kier molecular flexibility index (Phi) is 7.14. The first-order valence-corrected chi connectivity index (χ1v) is 7.48. The van der Waals surface area contributed by atoms with Gasteiger partial charge < -0.3 is 9.47 Å². The maximum absolute atomic E-state index is 6.15. The van der Waals surface area contributed by atoms with Crippen LogP contribution >= 0.6 is 0 Å². The van der Waals surface area contributed by atoms with Gasteiger partial charge in [0.05, 0.1) is 19.3 Å². The van der Waals surface area contributed by atoms with E-state index in [-0.39, 0.29) is 0 Å². The van der Waals surface area contributed by atoms with E-state index in [4.69, 9.17) is 9.47 Å². The van der Waals surface area contributed by atoms with E-state index in [1.165, 1.54) is 44.9 Å². The Morgan fingerprint density at radius 2 is 1.82 bits per heavy atom. The smallest absolute Gasteiger partial charge is 0.0675 e. The molecule has 0 aromatic rings. The van der Waals surface area contributed by atoms with Crippen molar-refractivity contribution in [2.75, 3.05) is 19.8 Å². The van der Waals surface area contributed by atoms with Crippen LogP contribution in [0, 0.1) is 5.41 Å². The maximum atomic E-state index is 6.15. The van der Waals surface area contributed by atoms with Crippen molar-refractivity contribution in [2.45, 2.75) is 71.8 Å². The third-order valence-corrected chi connectivity index (χ3v) is 4.03. The van der Waals surface area contributed by atoms with Gasteiger partial charge in [-0.1, -0.05) is 46.5 Å². The summed E-state index contributed by atoms with van der Waals surface area (Å²) >= 11 is 0. The van der Waals surface area contributed by atoms with Crippen LogP contribution < -0.4 is 0 Å². The lowest BCUT2D eigenvalue weighted by Crippen LogP contribution is -2.52. The first kappa shape index (κ1) is 15.0. The number of hydrogen-bond donors (Lipinski definition) is 0. The Morgan fingerprint density at radius 1 is 1.06 bits per heavy atom. The minimum absolute atomic E-state index is 0.334. The van der Waals surface area contributed by atoms with Crippen molar-refractivity contribution < 1.29 is 9.47 Å². The highest BCUT2D eigenvalue weighted by Gasteiger charge is 2.44. The molecule has 0 spiro atoms. The Balaban J connectivity index is 2.27. The van der Waals surface area contributed by atoms with Crippen molar-refractivity contribution in [1.82, 2.24) is 0 Å². The molecule has 0 aromatic carbocycles. The van der Waals surface area contributed by atoms with Crippen molar-refractivity contribution in [2.24, 2.45) is 5.41 Å². The molecule has 2 heteroatoms. The summed E-state index contributed by atoms with van der Waals surface area (Å²) < 4.78 is 11.6. The molecule has 1 rings (SSSR count). The van der Waals surface area contributed by atoms with E-state index in [0.29, 0.717) is 11.5 Å². The Morgan fingerprint density at radius 3 is 2.29 bits per heavy atom. The van der Waals surface area contributed by atoms with Crippen LogP contribution in [0.4, 0.5) is 0 Å². The van der Waals surface area contributed by atoms with Crippen molar-refractivity contribution in [3.63, 3.8) is 0 Å². The molecule has 1 aliphatic heterocycles. The van der Waals surface area contributed by atoms with Crippen LogP contribution in [-0.4, -0.2) is 25.9 Å². The fourth-order valence-corrected chi connectivity index (χ4v) is 2.56. The average Bonchev–Trinajstić information content (AvgIpc) is 2.28. The largest absolute Gasteiger partial charge is 0.380 e. The second-order valence-electron chi connectivity index (χ2n) is 5.42. The summed E-state index contributed by atoms with van der Waals surface area (Å²) in [5, 5.41) is 0. The molecule has 1 heterocycles. The Hall–Kier alpha value is -0.0800. The molecule has 0 amide bonds. The van der Waals surface area contributed by atoms with Gasteiger partial charge in [-0.15, -0.1) is 0 Å². The Bertz CT molecular complexity index is 182. The van der Waals surface area contributed by atoms with Gasteiger partial charge in [0.1, 0.15) is 0 Å². The molecule has 2 nitrogen and oxygen atoms in total. The summed E-state index contributed by atoms with van der Waals surface area (Å²) in [7, 11) is 0. The maximum Gasteiger partial charge on any atom is 0.0675 e. The summed E-state index contributed by atoms with van der Waals surface area (Å²) in [5.41, 5.74) is 0.334. The zero-order chi connectivity index (χ0) is 12.6. The van der Waals surface area contributed by atoms with Gasteiger partial charge in [-0.05, 0) is 19.3 Å². The van der Waals surface area contributed by atoms with E-state index >= 15 is 0 Å². The molecule has 0 saturated carbocycles. The van der Waals surface area contributed by atoms with Gasteiger partial charge in [-0.25, -0.2) is 0 Å². The second kappa shape index (κ2) is 8.10. The molecule has 1 atom stereocenters. The number of hydrogen-bond acceptors (Lipinski definition) is 2. The second-order valence-corrected chi connectivity index (χ2v) is 5.42. The molecule has 1 aliphatic rings. The van der Waals surface area contributed by atoms with Crippen LogP contribution in [0.1, 0.15) is 65.7 Å². The molecule has 102 valence electrons. The van der Waals surface area contributed by atoms with Gasteiger partial charge in [0.2, 0.25) is 0 Å². The van der Waals surface area contributed by atoms with Gasteiger partial charge in [-0.2, -0.15) is 0 Å². The van der Waals surface area contributed by atoms with Gasteiger partial charge in [0.15, 0.2) is 0 Å². The van der Waals surface area contributed by atoms with Crippen LogP contribution in [0.2, 0.25) is 0 Å². The zero-order valence-corrected chi connectivity index (χ0v) is 12.0. The van der Waals surface area contributed by atoms with E-state index in [1.54, 1.807) is 0 Å². The van der Waals surface area contributed by atoms with Crippen molar-refractivity contribution in [1.29, 1.82) is 0 Å². The van der Waals surface area contributed by atoms with Crippen LogP contribution in [0.15, 0.2) is 0 Å². The lowest BCUT2D eigenvalue weighted by atomic mass is 9.76. The van der Waals surface area contributed by atoms with Gasteiger partial charge in [0, 0.05) is 12.0 Å². The topological polar surface area (TPSA) is 18.5 Å². The minimum Gasteiger partial charge on any atom is -0.380 e. The number of ether oxygens (including phenoxy) is 2. The molecule has 1 fully saturated rings. The van der Waals surface area contributed by atoms with Crippen LogP contribution in [-0.2, 0) is 9.47 Å². The van der Waals surface area contributed by atoms with Crippen molar-refractivity contribution in [3.8, 4) is 0 Å². The van der Waals surface area contributed by atoms with Crippen LogP contribution in [0.5, 0.6) is 0 Å². The van der Waals surface area contributed by atoms with Gasteiger partial charge in [0.25, 0.3) is 0 Å². The van der Waals surface area contributed by atoms with Gasteiger partial charge in [-0.3, -0.25) is 0 Å². The van der Waals surface area contributed by atoms with Gasteiger partial charge >= 0.3 is 0 Å². The molecule has 0 radical (unpaired) electrons. The van der Waals surface area contributed by atoms with E-state index in [1.807, 2.05) is 0 Å². The van der Waals surface area contributed by atoms with Crippen LogP contribution in [0.3, 0.4) is 0 Å². The summed E-state index contributed by atoms with van der Waals surface area (Å²) in [6, 6.07) is 0. The third-order valence-electron chi connectivity index (χ3n) is 4.03. The fourth-order valence-electron chi connectivity index (χ4n) is 2.56. The molecular weight excluding hydrogens is 212 g/mol. The Labute approximate surface area is 107 Å². The molecule has 0 bridgehead atoms. The predicted molar refractivity (Wildman–Crippen MR) is 72.3 cm³/mol. The van der Waals surface area contributed by atoms with Crippen molar-refractivity contribution in [3.05, 3.63) is 0 Å². The van der Waals surface area contributed by atoms with E-state index in [0.717, 1.165) is 19.8 Å². The molecule has 0 N–H and O–H groups in total.